The lowest BCUT2D eigenvalue weighted by Gasteiger charge is -2.19. The molecule has 0 unspecified atom stereocenters. The van der Waals surface area contributed by atoms with Crippen LogP contribution in [0.2, 0.25) is 0 Å². The number of unbranched alkanes of at least 4 members (excludes halogenated alkanes) is 1. The van der Waals surface area contributed by atoms with Gasteiger partial charge in [-0.15, -0.1) is 0 Å². The van der Waals surface area contributed by atoms with Gasteiger partial charge in [-0.3, -0.25) is 4.98 Å². The van der Waals surface area contributed by atoms with Crippen molar-refractivity contribution in [1.82, 2.24) is 4.98 Å². The van der Waals surface area contributed by atoms with Crippen LogP contribution in [0.25, 0.3) is 11.1 Å². The number of aromatic nitrogens is 1. The van der Waals surface area contributed by atoms with Crippen molar-refractivity contribution in [3.63, 3.8) is 0 Å². The lowest BCUT2D eigenvalue weighted by molar-refractivity contribution is 0.0525. The summed E-state index contributed by atoms with van der Waals surface area (Å²) in [5, 5.41) is 0. The molecule has 2 rings (SSSR count). The minimum absolute atomic E-state index is 0.202. The van der Waals surface area contributed by atoms with Gasteiger partial charge in [0.05, 0.1) is 49.4 Å². The van der Waals surface area contributed by atoms with E-state index >= 15 is 0 Å². The normalized spacial score (nSPS) is 10.5. The second-order valence-corrected chi connectivity index (χ2v) is 6.92. The van der Waals surface area contributed by atoms with Gasteiger partial charge in [0.25, 0.3) is 0 Å². The van der Waals surface area contributed by atoms with Gasteiger partial charge < -0.3 is 18.9 Å². The van der Waals surface area contributed by atoms with E-state index in [0.717, 1.165) is 12.8 Å². The molecule has 1 aromatic carbocycles. The largest absolute Gasteiger partial charge is 0.493 e. The number of methoxy groups -OCH3 is 1. The monoisotopic (exact) mass is 429 g/mol. The fraction of sp³-hybridized carbons (Fsp3) is 0.458. The third kappa shape index (κ3) is 5.54. The van der Waals surface area contributed by atoms with Gasteiger partial charge in [-0.1, -0.05) is 19.4 Å². The Balaban J connectivity index is 2.74. The standard InChI is InChI=1S/C24H31NO6/c1-7-10-13-31-18-12-11-17(14-19(18)28-6)22-20(23(26)29-8-2)15(4)25-16(5)21(22)24(27)30-9-3/h11-12,14H,7-10,13H2,1-6H3. The average molecular weight is 430 g/mol. The molecule has 0 radical (unpaired) electrons. The predicted octanol–water partition coefficient (Wildman–Crippen LogP) is 4.91. The van der Waals surface area contributed by atoms with Crippen LogP contribution in [0.1, 0.15) is 65.7 Å². The Morgan fingerprint density at radius 1 is 0.903 bits per heavy atom. The van der Waals surface area contributed by atoms with Crippen LogP contribution < -0.4 is 9.47 Å². The van der Waals surface area contributed by atoms with Crippen LogP contribution in [-0.2, 0) is 9.47 Å². The van der Waals surface area contributed by atoms with E-state index < -0.39 is 11.9 Å². The Hall–Kier alpha value is -3.09. The van der Waals surface area contributed by atoms with Crippen molar-refractivity contribution < 1.29 is 28.5 Å². The quantitative estimate of drug-likeness (QED) is 0.392. The first-order valence-electron chi connectivity index (χ1n) is 10.6. The van der Waals surface area contributed by atoms with Gasteiger partial charge in [-0.2, -0.15) is 0 Å². The molecule has 0 saturated heterocycles. The average Bonchev–Trinajstić information content (AvgIpc) is 2.73. The summed E-state index contributed by atoms with van der Waals surface area (Å²) in [6.45, 7) is 9.96. The van der Waals surface area contributed by atoms with E-state index in [1.54, 1.807) is 53.0 Å². The van der Waals surface area contributed by atoms with Gasteiger partial charge in [0.2, 0.25) is 0 Å². The molecule has 0 aliphatic heterocycles. The molecule has 0 N–H and O–H groups in total. The van der Waals surface area contributed by atoms with Crippen molar-refractivity contribution in [2.45, 2.75) is 47.5 Å². The van der Waals surface area contributed by atoms with Crippen LogP contribution in [0, 0.1) is 13.8 Å². The number of carbonyl (C=O) groups excluding carboxylic acids is 2. The van der Waals surface area contributed by atoms with Crippen molar-refractivity contribution in [2.75, 3.05) is 26.9 Å². The van der Waals surface area contributed by atoms with E-state index in [1.807, 2.05) is 0 Å². The number of esters is 2. The molecule has 0 fully saturated rings. The van der Waals surface area contributed by atoms with Gasteiger partial charge in [0.15, 0.2) is 11.5 Å². The Morgan fingerprint density at radius 2 is 1.48 bits per heavy atom. The van der Waals surface area contributed by atoms with E-state index in [2.05, 4.69) is 11.9 Å². The summed E-state index contributed by atoms with van der Waals surface area (Å²) in [6.07, 6.45) is 1.94. The number of benzene rings is 1. The summed E-state index contributed by atoms with van der Waals surface area (Å²) in [4.78, 5) is 30.1. The molecule has 2 aromatic rings. The summed E-state index contributed by atoms with van der Waals surface area (Å²) in [5.74, 6) is 0.00786. The van der Waals surface area contributed by atoms with Crippen LogP contribution in [0.15, 0.2) is 18.2 Å². The van der Waals surface area contributed by atoms with Crippen molar-refractivity contribution in [3.05, 3.63) is 40.7 Å². The number of hydrogen-bond donors (Lipinski definition) is 0. The van der Waals surface area contributed by atoms with E-state index in [4.69, 9.17) is 18.9 Å². The summed E-state index contributed by atoms with van der Waals surface area (Å²) in [7, 11) is 1.55. The van der Waals surface area contributed by atoms with Gasteiger partial charge in [-0.05, 0) is 51.8 Å². The molecule has 0 aliphatic rings. The highest BCUT2D eigenvalue weighted by Crippen LogP contribution is 2.38. The molecule has 0 atom stereocenters. The molecule has 7 nitrogen and oxygen atoms in total. The van der Waals surface area contributed by atoms with Crippen molar-refractivity contribution in [3.8, 4) is 22.6 Å². The first-order chi connectivity index (χ1) is 14.9. The van der Waals surface area contributed by atoms with Crippen LogP contribution >= 0.6 is 0 Å². The summed E-state index contributed by atoms with van der Waals surface area (Å²) in [5.41, 5.74) is 2.44. The Morgan fingerprint density at radius 3 is 1.97 bits per heavy atom. The molecule has 7 heteroatoms. The molecule has 0 aliphatic carbocycles. The minimum atomic E-state index is -0.546. The molecule has 0 saturated carbocycles. The van der Waals surface area contributed by atoms with Gasteiger partial charge >= 0.3 is 11.9 Å². The number of pyridine rings is 1. The second kappa shape index (κ2) is 11.3. The SMILES string of the molecule is CCCCOc1ccc(-c2c(C(=O)OCC)c(C)nc(C)c2C(=O)OCC)cc1OC. The molecule has 1 aromatic heterocycles. The number of rotatable bonds is 10. The number of ether oxygens (including phenoxy) is 4. The Labute approximate surface area is 183 Å². The zero-order valence-corrected chi connectivity index (χ0v) is 19.2. The first kappa shape index (κ1) is 24.2. The van der Waals surface area contributed by atoms with Crippen molar-refractivity contribution in [2.24, 2.45) is 0 Å². The highest BCUT2D eigenvalue weighted by molar-refractivity contribution is 6.07. The maximum atomic E-state index is 12.8. The van der Waals surface area contributed by atoms with Crippen LogP contribution in [0.5, 0.6) is 11.5 Å². The Bertz CT molecular complexity index is 896. The molecule has 31 heavy (non-hydrogen) atoms. The molecule has 0 amide bonds. The van der Waals surface area contributed by atoms with Gasteiger partial charge in [0, 0.05) is 5.56 Å². The van der Waals surface area contributed by atoms with E-state index in [-0.39, 0.29) is 24.3 Å². The van der Waals surface area contributed by atoms with Crippen LogP contribution in [0.3, 0.4) is 0 Å². The van der Waals surface area contributed by atoms with Crippen molar-refractivity contribution in [1.29, 1.82) is 0 Å². The fourth-order valence-electron chi connectivity index (χ4n) is 3.31. The number of hydrogen-bond acceptors (Lipinski definition) is 7. The molecule has 168 valence electrons. The number of nitrogens with zero attached hydrogens (tertiary/aromatic N) is 1. The maximum Gasteiger partial charge on any atom is 0.340 e. The molecular formula is C24H31NO6. The topological polar surface area (TPSA) is 84.0 Å². The maximum absolute atomic E-state index is 12.8. The van der Waals surface area contributed by atoms with Crippen LogP contribution in [0.4, 0.5) is 0 Å². The molecular weight excluding hydrogens is 398 g/mol. The molecule has 0 bridgehead atoms. The van der Waals surface area contributed by atoms with Gasteiger partial charge in [0.1, 0.15) is 0 Å². The minimum Gasteiger partial charge on any atom is -0.493 e. The zero-order valence-electron chi connectivity index (χ0n) is 19.2. The zero-order chi connectivity index (χ0) is 23.0. The highest BCUT2D eigenvalue weighted by atomic mass is 16.5. The summed E-state index contributed by atoms with van der Waals surface area (Å²) < 4.78 is 21.9. The predicted molar refractivity (Wildman–Crippen MR) is 118 cm³/mol. The van der Waals surface area contributed by atoms with E-state index in [0.29, 0.717) is 40.6 Å². The van der Waals surface area contributed by atoms with E-state index in [9.17, 15) is 9.59 Å². The van der Waals surface area contributed by atoms with Gasteiger partial charge in [-0.25, -0.2) is 9.59 Å². The lowest BCUT2D eigenvalue weighted by atomic mass is 9.92. The number of carbonyl (C=O) groups is 2. The van der Waals surface area contributed by atoms with Crippen molar-refractivity contribution >= 4 is 11.9 Å². The molecule has 0 spiro atoms. The fourth-order valence-corrected chi connectivity index (χ4v) is 3.31. The van der Waals surface area contributed by atoms with Crippen LogP contribution in [-0.4, -0.2) is 43.9 Å². The summed E-state index contributed by atoms with van der Waals surface area (Å²) in [6, 6.07) is 5.32. The van der Waals surface area contributed by atoms with E-state index in [1.165, 1.54) is 0 Å². The highest BCUT2D eigenvalue weighted by Gasteiger charge is 2.28. The number of aryl methyl sites for hydroxylation is 2. The third-order valence-electron chi connectivity index (χ3n) is 4.73. The third-order valence-corrected chi connectivity index (χ3v) is 4.73. The molecule has 1 heterocycles. The Kier molecular flexibility index (Phi) is 8.85. The second-order valence-electron chi connectivity index (χ2n) is 6.92. The summed E-state index contributed by atoms with van der Waals surface area (Å²) >= 11 is 0. The smallest absolute Gasteiger partial charge is 0.340 e. The first-order valence-corrected chi connectivity index (χ1v) is 10.6. The lowest BCUT2D eigenvalue weighted by Crippen LogP contribution is -2.17.